The largest absolute Gasteiger partial charge is 0.484 e. The van der Waals surface area contributed by atoms with Crippen molar-refractivity contribution in [3.63, 3.8) is 0 Å². The summed E-state index contributed by atoms with van der Waals surface area (Å²) in [5.41, 5.74) is 0.207. The number of carbonyl (C=O) groups is 1. The Morgan fingerprint density at radius 2 is 1.96 bits per heavy atom. The van der Waals surface area contributed by atoms with Crippen molar-refractivity contribution < 1.29 is 14.6 Å². The summed E-state index contributed by atoms with van der Waals surface area (Å²) in [5.74, 6) is 0.000980. The molecule has 132 valence electrons. The Bertz CT molecular complexity index is 888. The Kier molecular flexibility index (Phi) is 5.07. The molecule has 0 radical (unpaired) electrons. The molecule has 2 aromatic rings. The maximum atomic E-state index is 12.6. The van der Waals surface area contributed by atoms with Gasteiger partial charge in [0.1, 0.15) is 5.75 Å². The topological polar surface area (TPSA) is 85.9 Å². The zero-order chi connectivity index (χ0) is 18.7. The lowest BCUT2D eigenvalue weighted by Crippen LogP contribution is -2.45. The van der Waals surface area contributed by atoms with Crippen LogP contribution in [-0.2, 0) is 10.5 Å². The van der Waals surface area contributed by atoms with Crippen molar-refractivity contribution in [2.75, 3.05) is 6.61 Å². The Balaban J connectivity index is 1.75. The first-order valence-corrected chi connectivity index (χ1v) is 8.70. The van der Waals surface area contributed by atoms with Crippen LogP contribution in [0.15, 0.2) is 58.1 Å². The van der Waals surface area contributed by atoms with Crippen molar-refractivity contribution in [3.8, 4) is 11.8 Å². The third-order valence-electron chi connectivity index (χ3n) is 4.01. The highest BCUT2D eigenvalue weighted by molar-refractivity contribution is 9.10. The van der Waals surface area contributed by atoms with Crippen LogP contribution in [0.2, 0.25) is 0 Å². The second-order valence-corrected chi connectivity index (χ2v) is 6.88. The Morgan fingerprint density at radius 1 is 1.31 bits per heavy atom. The summed E-state index contributed by atoms with van der Waals surface area (Å²) >= 11 is 3.36. The molecule has 0 unspecified atom stereocenters. The van der Waals surface area contributed by atoms with Crippen LogP contribution < -0.4 is 4.74 Å². The van der Waals surface area contributed by atoms with Crippen LogP contribution >= 0.6 is 15.9 Å². The summed E-state index contributed by atoms with van der Waals surface area (Å²) in [5, 5.41) is 25.2. The Hall–Kier alpha value is -2.69. The molecule has 0 spiro atoms. The van der Waals surface area contributed by atoms with Gasteiger partial charge in [-0.15, -0.1) is 0 Å². The average Bonchev–Trinajstić information content (AvgIpc) is 2.96. The first kappa shape index (κ1) is 18.1. The van der Waals surface area contributed by atoms with Gasteiger partial charge >= 0.3 is 0 Å². The first-order valence-electron chi connectivity index (χ1n) is 7.91. The number of aliphatic hydroxyl groups is 1. The van der Waals surface area contributed by atoms with Crippen LogP contribution in [0.25, 0.3) is 0 Å². The first-order chi connectivity index (χ1) is 12.4. The van der Waals surface area contributed by atoms with Gasteiger partial charge in [-0.3, -0.25) is 4.79 Å². The van der Waals surface area contributed by atoms with E-state index in [1.54, 1.807) is 55.5 Å². The summed E-state index contributed by atoms with van der Waals surface area (Å²) in [7, 11) is 0. The summed E-state index contributed by atoms with van der Waals surface area (Å²) in [6.45, 7) is 1.49. The van der Waals surface area contributed by atoms with E-state index in [1.807, 2.05) is 6.07 Å². The number of halogens is 1. The summed E-state index contributed by atoms with van der Waals surface area (Å²) in [4.78, 5) is 12.6. The summed E-state index contributed by atoms with van der Waals surface area (Å²) in [6, 6.07) is 15.6. The van der Waals surface area contributed by atoms with E-state index in [0.717, 1.165) is 9.48 Å². The summed E-state index contributed by atoms with van der Waals surface area (Å²) < 4.78 is 6.35. The zero-order valence-electron chi connectivity index (χ0n) is 14.0. The lowest BCUT2D eigenvalue weighted by Gasteiger charge is -2.31. The highest BCUT2D eigenvalue weighted by Gasteiger charge is 2.44. The number of carbonyl (C=O) groups excluding carboxylic acids is 1. The zero-order valence-corrected chi connectivity index (χ0v) is 15.6. The van der Waals surface area contributed by atoms with Gasteiger partial charge in [0.15, 0.2) is 12.3 Å². The Labute approximate surface area is 159 Å². The molecule has 1 aliphatic rings. The van der Waals surface area contributed by atoms with E-state index >= 15 is 0 Å². The number of hydrazone groups is 1. The van der Waals surface area contributed by atoms with Gasteiger partial charge in [-0.05, 0) is 43.3 Å². The molecule has 2 aromatic carbocycles. The number of ether oxygens (including phenoxy) is 1. The molecule has 0 aliphatic carbocycles. The van der Waals surface area contributed by atoms with Crippen LogP contribution in [0.4, 0.5) is 0 Å². The quantitative estimate of drug-likeness (QED) is 0.833. The van der Waals surface area contributed by atoms with Crippen molar-refractivity contribution >= 4 is 27.5 Å². The molecular formula is C19H16BrN3O3. The van der Waals surface area contributed by atoms with E-state index in [4.69, 9.17) is 10.00 Å². The van der Waals surface area contributed by atoms with E-state index < -0.39 is 11.6 Å². The highest BCUT2D eigenvalue weighted by Crippen LogP contribution is 2.35. The molecule has 0 fully saturated rings. The predicted octanol–water partition coefficient (Wildman–Crippen LogP) is 3.15. The molecule has 0 aromatic heterocycles. The van der Waals surface area contributed by atoms with Crippen molar-refractivity contribution in [1.29, 1.82) is 5.26 Å². The van der Waals surface area contributed by atoms with Gasteiger partial charge in [0.25, 0.3) is 5.91 Å². The monoisotopic (exact) mass is 413 g/mol. The number of amides is 1. The molecule has 7 heteroatoms. The van der Waals surface area contributed by atoms with Crippen LogP contribution in [0, 0.1) is 11.3 Å². The van der Waals surface area contributed by atoms with Crippen molar-refractivity contribution in [2.24, 2.45) is 5.10 Å². The fourth-order valence-electron chi connectivity index (χ4n) is 2.76. The molecule has 1 atom stereocenters. The van der Waals surface area contributed by atoms with Crippen molar-refractivity contribution in [3.05, 3.63) is 64.1 Å². The SMILES string of the molecule is CC1=NN(C(=O)COc2ccc(C#N)cc2)[C@](O)(c2ccc(Br)cc2)C1. The molecule has 0 bridgehead atoms. The predicted molar refractivity (Wildman–Crippen MR) is 99.3 cm³/mol. The number of benzene rings is 2. The fourth-order valence-corrected chi connectivity index (χ4v) is 3.02. The Morgan fingerprint density at radius 3 is 2.58 bits per heavy atom. The lowest BCUT2D eigenvalue weighted by molar-refractivity contribution is -0.159. The van der Waals surface area contributed by atoms with Gasteiger partial charge in [0.2, 0.25) is 0 Å². The average molecular weight is 414 g/mol. The number of nitriles is 1. The molecule has 0 saturated heterocycles. The van der Waals surface area contributed by atoms with Crippen LogP contribution in [0.1, 0.15) is 24.5 Å². The maximum absolute atomic E-state index is 12.6. The molecule has 6 nitrogen and oxygen atoms in total. The number of hydrogen-bond donors (Lipinski definition) is 1. The molecule has 0 saturated carbocycles. The fraction of sp³-hybridized carbons (Fsp3) is 0.211. The minimum atomic E-state index is -1.53. The minimum Gasteiger partial charge on any atom is -0.484 e. The van der Waals surface area contributed by atoms with Crippen molar-refractivity contribution in [1.82, 2.24) is 5.01 Å². The molecule has 3 rings (SSSR count). The van der Waals surface area contributed by atoms with E-state index in [0.29, 0.717) is 22.6 Å². The van der Waals surface area contributed by atoms with Gasteiger partial charge in [0, 0.05) is 22.2 Å². The molecular weight excluding hydrogens is 398 g/mol. The second-order valence-electron chi connectivity index (χ2n) is 5.97. The highest BCUT2D eigenvalue weighted by atomic mass is 79.9. The van der Waals surface area contributed by atoms with Crippen molar-refractivity contribution in [2.45, 2.75) is 19.1 Å². The molecule has 1 heterocycles. The van der Waals surface area contributed by atoms with Crippen LogP contribution in [-0.4, -0.2) is 28.3 Å². The van der Waals surface area contributed by atoms with E-state index in [1.165, 1.54) is 0 Å². The summed E-state index contributed by atoms with van der Waals surface area (Å²) in [6.07, 6.45) is 0.233. The van der Waals surface area contributed by atoms with E-state index in [9.17, 15) is 9.90 Å². The van der Waals surface area contributed by atoms with Crippen LogP contribution in [0.5, 0.6) is 5.75 Å². The van der Waals surface area contributed by atoms with Gasteiger partial charge in [-0.1, -0.05) is 28.1 Å². The van der Waals surface area contributed by atoms with E-state index in [2.05, 4.69) is 21.0 Å². The van der Waals surface area contributed by atoms with Gasteiger partial charge in [0.05, 0.1) is 11.6 Å². The van der Waals surface area contributed by atoms with E-state index in [-0.39, 0.29) is 13.0 Å². The third-order valence-corrected chi connectivity index (χ3v) is 4.54. The van der Waals surface area contributed by atoms with Gasteiger partial charge < -0.3 is 9.84 Å². The number of nitrogens with zero attached hydrogens (tertiary/aromatic N) is 3. The third kappa shape index (κ3) is 3.62. The molecule has 26 heavy (non-hydrogen) atoms. The lowest BCUT2D eigenvalue weighted by atomic mass is 9.98. The molecule has 1 amide bonds. The van der Waals surface area contributed by atoms with Gasteiger partial charge in [-0.2, -0.15) is 15.4 Å². The minimum absolute atomic E-state index is 0.233. The number of hydrogen-bond acceptors (Lipinski definition) is 5. The maximum Gasteiger partial charge on any atom is 0.283 e. The molecule has 1 aliphatic heterocycles. The smallest absolute Gasteiger partial charge is 0.283 e. The number of rotatable bonds is 4. The van der Waals surface area contributed by atoms with Gasteiger partial charge in [-0.25, -0.2) is 0 Å². The van der Waals surface area contributed by atoms with Crippen LogP contribution in [0.3, 0.4) is 0 Å². The standard InChI is InChI=1S/C19H16BrN3O3/c1-13-10-19(25,15-4-6-16(20)7-5-15)23(22-13)18(24)12-26-17-8-2-14(11-21)3-9-17/h2-9,25H,10,12H2,1H3/t19-/m1/s1. The second kappa shape index (κ2) is 7.28. The normalized spacial score (nSPS) is 19.0. The molecule has 1 N–H and O–H groups in total.